The topological polar surface area (TPSA) is 61.0 Å². The van der Waals surface area contributed by atoms with Crippen molar-refractivity contribution < 1.29 is 4.79 Å². The van der Waals surface area contributed by atoms with Crippen LogP contribution in [0.15, 0.2) is 24.4 Å². The highest BCUT2D eigenvalue weighted by Gasteiger charge is 2.35. The lowest BCUT2D eigenvalue weighted by atomic mass is 9.81. The fourth-order valence-electron chi connectivity index (χ4n) is 5.17. The van der Waals surface area contributed by atoms with Crippen LogP contribution in [0.25, 0.3) is 10.9 Å². The van der Waals surface area contributed by atoms with Crippen LogP contribution >= 0.6 is 0 Å². The maximum absolute atomic E-state index is 12.7. The third-order valence-corrected chi connectivity index (χ3v) is 7.44. The molecule has 2 aromatic rings. The fourth-order valence-corrected chi connectivity index (χ4v) is 5.17. The minimum absolute atomic E-state index is 0.0529. The standard InChI is InChI=1S/C23H32N4O/c28-23(17-9-12-22-18(13-17)14-24-26-22)25-19-10-7-16(8-11-19)15-27(20-3-1-4-20)21-5-2-6-21/h9,12-14,16,19-21H,1-8,10-11,15H2,(H,24,26)(H,25,28)/t16-,19-. The SMILES string of the molecule is O=C(N[C@H]1CC[C@H](CN(C2CCC2)C2CCC2)CC1)c1ccc2[nH]ncc2c1. The van der Waals surface area contributed by atoms with Crippen LogP contribution in [0.1, 0.15) is 74.6 Å². The van der Waals surface area contributed by atoms with E-state index in [0.717, 1.165) is 47.3 Å². The molecule has 0 spiro atoms. The second-order valence-corrected chi connectivity index (χ2v) is 9.23. The van der Waals surface area contributed by atoms with Crippen LogP contribution < -0.4 is 5.32 Å². The highest BCUT2D eigenvalue weighted by Crippen LogP contribution is 2.36. The summed E-state index contributed by atoms with van der Waals surface area (Å²) in [6.07, 6.45) is 15.0. The summed E-state index contributed by atoms with van der Waals surface area (Å²) in [5.41, 5.74) is 1.71. The van der Waals surface area contributed by atoms with Crippen molar-refractivity contribution in [2.24, 2.45) is 5.92 Å². The van der Waals surface area contributed by atoms with Gasteiger partial charge in [-0.1, -0.05) is 12.8 Å². The van der Waals surface area contributed by atoms with Gasteiger partial charge in [0.15, 0.2) is 0 Å². The van der Waals surface area contributed by atoms with Crippen molar-refractivity contribution in [3.63, 3.8) is 0 Å². The van der Waals surface area contributed by atoms with Gasteiger partial charge in [0, 0.05) is 35.6 Å². The van der Waals surface area contributed by atoms with Gasteiger partial charge in [0.2, 0.25) is 0 Å². The quantitative estimate of drug-likeness (QED) is 0.787. The molecule has 5 rings (SSSR count). The summed E-state index contributed by atoms with van der Waals surface area (Å²) in [6.45, 7) is 1.30. The Morgan fingerprint density at radius 1 is 1.04 bits per heavy atom. The van der Waals surface area contributed by atoms with E-state index < -0.39 is 0 Å². The number of nitrogens with zero attached hydrogens (tertiary/aromatic N) is 2. The third kappa shape index (κ3) is 3.69. The van der Waals surface area contributed by atoms with Crippen molar-refractivity contribution in [2.45, 2.75) is 82.3 Å². The van der Waals surface area contributed by atoms with E-state index in [9.17, 15) is 4.79 Å². The van der Waals surface area contributed by atoms with E-state index in [1.165, 1.54) is 57.9 Å². The molecule has 2 N–H and O–H groups in total. The molecule has 5 nitrogen and oxygen atoms in total. The molecule has 3 fully saturated rings. The molecule has 0 bridgehead atoms. The van der Waals surface area contributed by atoms with Gasteiger partial charge < -0.3 is 5.32 Å². The van der Waals surface area contributed by atoms with E-state index in [-0.39, 0.29) is 5.91 Å². The van der Waals surface area contributed by atoms with Crippen molar-refractivity contribution in [1.82, 2.24) is 20.4 Å². The predicted octanol–water partition coefficient (Wildman–Crippen LogP) is 4.26. The van der Waals surface area contributed by atoms with E-state index in [0.29, 0.717) is 6.04 Å². The van der Waals surface area contributed by atoms with Gasteiger partial charge in [-0.05, 0) is 75.5 Å². The number of benzene rings is 1. The number of hydrogen-bond acceptors (Lipinski definition) is 3. The average molecular weight is 381 g/mol. The molecule has 1 aromatic heterocycles. The first-order valence-electron chi connectivity index (χ1n) is 11.3. The molecular formula is C23H32N4O. The number of rotatable bonds is 6. The maximum Gasteiger partial charge on any atom is 0.251 e. The van der Waals surface area contributed by atoms with Gasteiger partial charge in [0.05, 0.1) is 11.7 Å². The lowest BCUT2D eigenvalue weighted by molar-refractivity contribution is 0.0202. The summed E-state index contributed by atoms with van der Waals surface area (Å²) in [6, 6.07) is 7.82. The third-order valence-electron chi connectivity index (χ3n) is 7.44. The first-order chi connectivity index (χ1) is 13.8. The van der Waals surface area contributed by atoms with Gasteiger partial charge in [-0.2, -0.15) is 5.10 Å². The molecule has 1 aromatic carbocycles. The Bertz CT molecular complexity index is 801. The molecular weight excluding hydrogens is 348 g/mol. The zero-order valence-corrected chi connectivity index (χ0v) is 16.7. The number of amides is 1. The van der Waals surface area contributed by atoms with Gasteiger partial charge >= 0.3 is 0 Å². The lowest BCUT2D eigenvalue weighted by Gasteiger charge is -2.48. The summed E-state index contributed by atoms with van der Waals surface area (Å²) in [7, 11) is 0. The van der Waals surface area contributed by atoms with E-state index in [1.807, 2.05) is 18.2 Å². The number of aromatic nitrogens is 2. The largest absolute Gasteiger partial charge is 0.349 e. The zero-order chi connectivity index (χ0) is 18.9. The Labute approximate surface area is 167 Å². The molecule has 150 valence electrons. The van der Waals surface area contributed by atoms with Crippen LogP contribution in [-0.2, 0) is 0 Å². The molecule has 1 heterocycles. The molecule has 0 unspecified atom stereocenters. The average Bonchev–Trinajstić information content (AvgIpc) is 3.08. The van der Waals surface area contributed by atoms with Crippen molar-refractivity contribution in [2.75, 3.05) is 6.54 Å². The first kappa shape index (κ1) is 18.2. The fraction of sp³-hybridized carbons (Fsp3) is 0.652. The van der Waals surface area contributed by atoms with Crippen LogP contribution in [0.5, 0.6) is 0 Å². The van der Waals surface area contributed by atoms with Gasteiger partial charge in [-0.25, -0.2) is 0 Å². The number of carbonyl (C=O) groups excluding carboxylic acids is 1. The molecule has 3 aliphatic rings. The molecule has 1 amide bonds. The Kier molecular flexibility index (Phi) is 5.10. The molecule has 5 heteroatoms. The lowest BCUT2D eigenvalue weighted by Crippen LogP contribution is -2.52. The number of hydrogen-bond donors (Lipinski definition) is 2. The van der Waals surface area contributed by atoms with Gasteiger partial charge in [-0.3, -0.25) is 14.8 Å². The molecule has 3 aliphatic carbocycles. The second-order valence-electron chi connectivity index (χ2n) is 9.23. The summed E-state index contributed by atoms with van der Waals surface area (Å²) >= 11 is 0. The number of H-pyrrole nitrogens is 1. The highest BCUT2D eigenvalue weighted by molar-refractivity contribution is 5.98. The van der Waals surface area contributed by atoms with E-state index in [4.69, 9.17) is 0 Å². The van der Waals surface area contributed by atoms with Gasteiger partial charge in [0.25, 0.3) is 5.91 Å². The number of nitrogens with one attached hydrogen (secondary N) is 2. The summed E-state index contributed by atoms with van der Waals surface area (Å²) in [4.78, 5) is 15.5. The molecule has 0 saturated heterocycles. The van der Waals surface area contributed by atoms with Crippen LogP contribution in [0.4, 0.5) is 0 Å². The van der Waals surface area contributed by atoms with Gasteiger partial charge in [0.1, 0.15) is 0 Å². The van der Waals surface area contributed by atoms with Crippen molar-refractivity contribution in [1.29, 1.82) is 0 Å². The van der Waals surface area contributed by atoms with E-state index in [1.54, 1.807) is 6.20 Å². The zero-order valence-electron chi connectivity index (χ0n) is 16.7. The highest BCUT2D eigenvalue weighted by atomic mass is 16.1. The predicted molar refractivity (Wildman–Crippen MR) is 111 cm³/mol. The minimum atomic E-state index is 0.0529. The van der Waals surface area contributed by atoms with Gasteiger partial charge in [-0.15, -0.1) is 0 Å². The number of fused-ring (bicyclic) bond motifs is 1. The first-order valence-corrected chi connectivity index (χ1v) is 11.3. The second kappa shape index (κ2) is 7.86. The Morgan fingerprint density at radius 2 is 1.75 bits per heavy atom. The molecule has 3 saturated carbocycles. The van der Waals surface area contributed by atoms with E-state index >= 15 is 0 Å². The number of aromatic amines is 1. The van der Waals surface area contributed by atoms with Crippen LogP contribution in [-0.4, -0.2) is 45.7 Å². The van der Waals surface area contributed by atoms with Crippen LogP contribution in [0.3, 0.4) is 0 Å². The van der Waals surface area contributed by atoms with Crippen LogP contribution in [0, 0.1) is 5.92 Å². The normalized spacial score (nSPS) is 26.2. The smallest absolute Gasteiger partial charge is 0.251 e. The molecule has 0 atom stereocenters. The Morgan fingerprint density at radius 3 is 2.39 bits per heavy atom. The Balaban J connectivity index is 1.13. The molecule has 28 heavy (non-hydrogen) atoms. The minimum Gasteiger partial charge on any atom is -0.349 e. The molecule has 0 radical (unpaired) electrons. The van der Waals surface area contributed by atoms with E-state index in [2.05, 4.69) is 20.4 Å². The Hall–Kier alpha value is -1.88. The van der Waals surface area contributed by atoms with Crippen molar-refractivity contribution in [3.8, 4) is 0 Å². The maximum atomic E-state index is 12.7. The monoisotopic (exact) mass is 380 g/mol. The number of carbonyl (C=O) groups is 1. The van der Waals surface area contributed by atoms with Crippen molar-refractivity contribution in [3.05, 3.63) is 30.0 Å². The van der Waals surface area contributed by atoms with Crippen LogP contribution in [0.2, 0.25) is 0 Å². The summed E-state index contributed by atoms with van der Waals surface area (Å²) in [5, 5.41) is 11.2. The van der Waals surface area contributed by atoms with Crippen molar-refractivity contribution >= 4 is 16.8 Å². The summed E-state index contributed by atoms with van der Waals surface area (Å²) in [5.74, 6) is 0.869. The summed E-state index contributed by atoms with van der Waals surface area (Å²) < 4.78 is 0. The molecule has 0 aliphatic heterocycles.